The van der Waals surface area contributed by atoms with Gasteiger partial charge in [0.2, 0.25) is 0 Å². The van der Waals surface area contributed by atoms with Crippen molar-refractivity contribution in [2.75, 3.05) is 0 Å². The maximum absolute atomic E-state index is 4.41. The van der Waals surface area contributed by atoms with Crippen LogP contribution in [0.3, 0.4) is 0 Å². The van der Waals surface area contributed by atoms with E-state index in [0.29, 0.717) is 0 Å². The van der Waals surface area contributed by atoms with Crippen LogP contribution in [0.1, 0.15) is 5.56 Å². The number of aromatic nitrogens is 3. The minimum Gasteiger partial charge on any atom is -0.235 e. The minimum absolute atomic E-state index is 0.877. The van der Waals surface area contributed by atoms with E-state index in [-0.39, 0.29) is 0 Å². The van der Waals surface area contributed by atoms with Gasteiger partial charge in [-0.05, 0) is 40.5 Å². The lowest BCUT2D eigenvalue weighted by atomic mass is 10.2. The number of fused-ring (bicyclic) bond motifs is 1. The molecule has 4 heteroatoms. The molecule has 0 bridgehead atoms. The monoisotopic (exact) mass is 287 g/mol. The molecule has 0 aliphatic rings. The van der Waals surface area contributed by atoms with Crippen molar-refractivity contribution in [1.82, 2.24) is 14.8 Å². The maximum Gasteiger partial charge on any atom is 0.162 e. The normalized spacial score (nSPS) is 10.9. The molecule has 0 amide bonds. The number of para-hydroxylation sites is 1. The lowest BCUT2D eigenvalue weighted by Gasteiger charge is -2.05. The van der Waals surface area contributed by atoms with Crippen LogP contribution in [0.5, 0.6) is 0 Å². The summed E-state index contributed by atoms with van der Waals surface area (Å²) in [7, 11) is 0. The molecule has 0 atom stereocenters. The largest absolute Gasteiger partial charge is 0.235 e. The Balaban J connectivity index is 2.29. The first kappa shape index (κ1) is 10.5. The average Bonchev–Trinajstić information content (AvgIpc) is 2.72. The van der Waals surface area contributed by atoms with Gasteiger partial charge in [-0.15, -0.1) is 0 Å². The van der Waals surface area contributed by atoms with E-state index in [2.05, 4.69) is 39.0 Å². The van der Waals surface area contributed by atoms with Crippen molar-refractivity contribution in [3.8, 4) is 5.69 Å². The Labute approximate surface area is 107 Å². The summed E-state index contributed by atoms with van der Waals surface area (Å²) in [5, 5.41) is 5.43. The Morgan fingerprint density at radius 2 is 2.00 bits per heavy atom. The van der Waals surface area contributed by atoms with Crippen LogP contribution in [0.15, 0.2) is 47.2 Å². The first-order chi connectivity index (χ1) is 8.25. The molecule has 0 N–H and O–H groups in total. The summed E-state index contributed by atoms with van der Waals surface area (Å²) in [5.41, 5.74) is 3.13. The Hall–Kier alpha value is -1.68. The summed E-state index contributed by atoms with van der Waals surface area (Å²) in [6.45, 7) is 2.07. The minimum atomic E-state index is 0.877. The third kappa shape index (κ3) is 1.74. The molecule has 0 fully saturated rings. The van der Waals surface area contributed by atoms with Gasteiger partial charge in [0, 0.05) is 16.1 Å². The van der Waals surface area contributed by atoms with E-state index in [0.717, 1.165) is 21.2 Å². The van der Waals surface area contributed by atoms with Crippen molar-refractivity contribution >= 4 is 27.0 Å². The van der Waals surface area contributed by atoms with Crippen LogP contribution in [0, 0.1) is 6.92 Å². The number of hydrogen-bond acceptors (Lipinski definition) is 2. The second-order valence-corrected chi connectivity index (χ2v) is 4.82. The second kappa shape index (κ2) is 3.96. The third-order valence-electron chi connectivity index (χ3n) is 2.72. The molecule has 3 aromatic rings. The van der Waals surface area contributed by atoms with Gasteiger partial charge in [0.05, 0.1) is 11.9 Å². The van der Waals surface area contributed by atoms with E-state index >= 15 is 0 Å². The van der Waals surface area contributed by atoms with Gasteiger partial charge in [0.1, 0.15) is 0 Å². The first-order valence-electron chi connectivity index (χ1n) is 5.31. The molecular weight excluding hydrogens is 278 g/mol. The lowest BCUT2D eigenvalue weighted by molar-refractivity contribution is 0.889. The quantitative estimate of drug-likeness (QED) is 0.686. The molecule has 0 aliphatic heterocycles. The molecule has 2 aromatic heterocycles. The van der Waals surface area contributed by atoms with Crippen LogP contribution >= 0.6 is 15.9 Å². The van der Waals surface area contributed by atoms with Crippen LogP contribution in [0.25, 0.3) is 16.7 Å². The van der Waals surface area contributed by atoms with Crippen LogP contribution in [0.2, 0.25) is 0 Å². The standard InChI is InChI=1S/C13H10BrN3/c1-9-4-2-3-5-12(9)17-13-10(7-16-17)6-11(14)8-15-13/h2-8H,1H3. The van der Waals surface area contributed by atoms with Gasteiger partial charge in [-0.1, -0.05) is 18.2 Å². The molecule has 0 saturated carbocycles. The number of pyridine rings is 1. The molecule has 2 heterocycles. The number of nitrogens with zero attached hydrogens (tertiary/aromatic N) is 3. The van der Waals surface area contributed by atoms with Gasteiger partial charge in [-0.3, -0.25) is 0 Å². The molecule has 0 spiro atoms. The lowest BCUT2D eigenvalue weighted by Crippen LogP contribution is -1.99. The highest BCUT2D eigenvalue weighted by molar-refractivity contribution is 9.10. The Kier molecular flexibility index (Phi) is 2.44. The van der Waals surface area contributed by atoms with Gasteiger partial charge in [0.15, 0.2) is 5.65 Å². The highest BCUT2D eigenvalue weighted by Gasteiger charge is 2.07. The molecule has 17 heavy (non-hydrogen) atoms. The van der Waals surface area contributed by atoms with Gasteiger partial charge < -0.3 is 0 Å². The van der Waals surface area contributed by atoms with Crippen molar-refractivity contribution < 1.29 is 0 Å². The summed E-state index contributed by atoms with van der Waals surface area (Å²) >= 11 is 3.41. The smallest absolute Gasteiger partial charge is 0.162 e. The first-order valence-corrected chi connectivity index (χ1v) is 6.10. The van der Waals surface area contributed by atoms with E-state index < -0.39 is 0 Å². The Bertz CT molecular complexity index is 688. The van der Waals surface area contributed by atoms with Crippen molar-refractivity contribution in [2.45, 2.75) is 6.92 Å². The SMILES string of the molecule is Cc1ccccc1-n1ncc2cc(Br)cnc21. The number of halogens is 1. The molecule has 84 valence electrons. The van der Waals surface area contributed by atoms with Gasteiger partial charge >= 0.3 is 0 Å². The summed E-state index contributed by atoms with van der Waals surface area (Å²) in [6.07, 6.45) is 3.62. The summed E-state index contributed by atoms with van der Waals surface area (Å²) < 4.78 is 2.84. The Morgan fingerprint density at radius 1 is 1.18 bits per heavy atom. The molecular formula is C13H10BrN3. The average molecular weight is 288 g/mol. The van der Waals surface area contributed by atoms with Crippen molar-refractivity contribution in [1.29, 1.82) is 0 Å². The predicted molar refractivity (Wildman–Crippen MR) is 71.3 cm³/mol. The van der Waals surface area contributed by atoms with Crippen LogP contribution < -0.4 is 0 Å². The molecule has 1 aromatic carbocycles. The zero-order valence-corrected chi connectivity index (χ0v) is 10.8. The van der Waals surface area contributed by atoms with Gasteiger partial charge in [-0.2, -0.15) is 5.10 Å². The predicted octanol–water partition coefficient (Wildman–Crippen LogP) is 3.49. The molecule has 3 rings (SSSR count). The second-order valence-electron chi connectivity index (χ2n) is 3.91. The fourth-order valence-corrected chi connectivity index (χ4v) is 2.22. The summed E-state index contributed by atoms with van der Waals surface area (Å²) in [5.74, 6) is 0. The van der Waals surface area contributed by atoms with E-state index in [1.165, 1.54) is 5.56 Å². The zero-order chi connectivity index (χ0) is 11.8. The number of rotatable bonds is 1. The zero-order valence-electron chi connectivity index (χ0n) is 9.26. The fraction of sp³-hybridized carbons (Fsp3) is 0.0769. The fourth-order valence-electron chi connectivity index (χ4n) is 1.87. The number of aryl methyl sites for hydroxylation is 1. The van der Waals surface area contributed by atoms with E-state index in [4.69, 9.17) is 0 Å². The summed E-state index contributed by atoms with van der Waals surface area (Å²) in [6, 6.07) is 10.2. The van der Waals surface area contributed by atoms with E-state index in [1.54, 1.807) is 6.20 Å². The molecule has 0 unspecified atom stereocenters. The van der Waals surface area contributed by atoms with Crippen molar-refractivity contribution in [2.24, 2.45) is 0 Å². The number of hydrogen-bond donors (Lipinski definition) is 0. The molecule has 0 aliphatic carbocycles. The molecule has 0 radical (unpaired) electrons. The van der Waals surface area contributed by atoms with Crippen LogP contribution in [0.4, 0.5) is 0 Å². The molecule has 0 saturated heterocycles. The van der Waals surface area contributed by atoms with Crippen molar-refractivity contribution in [3.63, 3.8) is 0 Å². The summed E-state index contributed by atoms with van der Waals surface area (Å²) in [4.78, 5) is 4.41. The van der Waals surface area contributed by atoms with Gasteiger partial charge in [0.25, 0.3) is 0 Å². The van der Waals surface area contributed by atoms with E-state index in [9.17, 15) is 0 Å². The molecule has 3 nitrogen and oxygen atoms in total. The topological polar surface area (TPSA) is 30.7 Å². The van der Waals surface area contributed by atoms with Crippen LogP contribution in [-0.2, 0) is 0 Å². The van der Waals surface area contributed by atoms with E-state index in [1.807, 2.05) is 35.1 Å². The number of benzene rings is 1. The van der Waals surface area contributed by atoms with Crippen LogP contribution in [-0.4, -0.2) is 14.8 Å². The van der Waals surface area contributed by atoms with Crippen molar-refractivity contribution in [3.05, 3.63) is 52.8 Å². The maximum atomic E-state index is 4.41. The third-order valence-corrected chi connectivity index (χ3v) is 3.15. The highest BCUT2D eigenvalue weighted by atomic mass is 79.9. The Morgan fingerprint density at radius 3 is 2.82 bits per heavy atom. The highest BCUT2D eigenvalue weighted by Crippen LogP contribution is 2.21. The van der Waals surface area contributed by atoms with Gasteiger partial charge in [-0.25, -0.2) is 9.67 Å².